The maximum Gasteiger partial charge on any atom is 0.228 e. The van der Waals surface area contributed by atoms with Crippen LogP contribution in [0.3, 0.4) is 0 Å². The van der Waals surface area contributed by atoms with Gasteiger partial charge in [0, 0.05) is 38.2 Å². The van der Waals surface area contributed by atoms with Gasteiger partial charge in [-0.25, -0.2) is 0 Å². The number of hydrogen-bond acceptors (Lipinski definition) is 5. The Morgan fingerprint density at radius 3 is 2.15 bits per heavy atom. The molecule has 7 nitrogen and oxygen atoms in total. The van der Waals surface area contributed by atoms with Gasteiger partial charge in [0.2, 0.25) is 17.6 Å². The Bertz CT molecular complexity index is 687. The lowest BCUT2D eigenvalue weighted by Gasteiger charge is -2.32. The fraction of sp³-hybridized carbons (Fsp3) is 0.600. The number of methoxy groups -OCH3 is 3. The lowest BCUT2D eigenvalue weighted by atomic mass is 9.97. The zero-order chi connectivity index (χ0) is 19.6. The van der Waals surface area contributed by atoms with Crippen molar-refractivity contribution in [3.63, 3.8) is 0 Å². The van der Waals surface area contributed by atoms with Crippen molar-refractivity contribution in [3.05, 3.63) is 12.1 Å². The molecule has 2 heterocycles. The number of benzene rings is 1. The summed E-state index contributed by atoms with van der Waals surface area (Å²) in [4.78, 5) is 29.0. The molecule has 1 aromatic rings. The van der Waals surface area contributed by atoms with E-state index in [-0.39, 0.29) is 24.2 Å². The number of hydrogen-bond donors (Lipinski definition) is 0. The Kier molecular flexibility index (Phi) is 5.77. The van der Waals surface area contributed by atoms with E-state index in [1.165, 1.54) is 21.3 Å². The number of carbonyl (C=O) groups is 2. The Morgan fingerprint density at radius 1 is 1.04 bits per heavy atom. The number of anilines is 1. The van der Waals surface area contributed by atoms with E-state index in [2.05, 4.69) is 6.92 Å². The molecule has 1 atom stereocenters. The lowest BCUT2D eigenvalue weighted by molar-refractivity contribution is -0.137. The van der Waals surface area contributed by atoms with Crippen molar-refractivity contribution in [2.24, 2.45) is 11.8 Å². The van der Waals surface area contributed by atoms with Crippen LogP contribution in [0.15, 0.2) is 12.1 Å². The molecule has 2 saturated heterocycles. The smallest absolute Gasteiger partial charge is 0.228 e. The second-order valence-electron chi connectivity index (χ2n) is 7.30. The second-order valence-corrected chi connectivity index (χ2v) is 7.30. The van der Waals surface area contributed by atoms with E-state index >= 15 is 0 Å². The maximum absolute atomic E-state index is 12.9. The van der Waals surface area contributed by atoms with Crippen LogP contribution >= 0.6 is 0 Å². The van der Waals surface area contributed by atoms with Gasteiger partial charge in [0.05, 0.1) is 32.9 Å². The molecule has 2 aliphatic heterocycles. The van der Waals surface area contributed by atoms with E-state index in [9.17, 15) is 9.59 Å². The molecule has 1 aromatic carbocycles. The van der Waals surface area contributed by atoms with Crippen LogP contribution in [0.2, 0.25) is 0 Å². The van der Waals surface area contributed by atoms with Gasteiger partial charge in [-0.15, -0.1) is 0 Å². The third-order valence-electron chi connectivity index (χ3n) is 5.53. The monoisotopic (exact) mass is 376 g/mol. The number of amides is 2. The predicted molar refractivity (Wildman–Crippen MR) is 102 cm³/mol. The largest absolute Gasteiger partial charge is 0.493 e. The highest BCUT2D eigenvalue weighted by Gasteiger charge is 2.38. The number of likely N-dealkylation sites (tertiary alicyclic amines) is 1. The Morgan fingerprint density at radius 2 is 1.63 bits per heavy atom. The summed E-state index contributed by atoms with van der Waals surface area (Å²) < 4.78 is 16.1. The summed E-state index contributed by atoms with van der Waals surface area (Å²) >= 11 is 0. The third-order valence-corrected chi connectivity index (χ3v) is 5.53. The first-order valence-corrected chi connectivity index (χ1v) is 9.37. The average Bonchev–Trinajstić information content (AvgIpc) is 3.08. The van der Waals surface area contributed by atoms with Crippen LogP contribution in [0.25, 0.3) is 0 Å². The molecule has 3 rings (SSSR count). The molecule has 0 saturated carbocycles. The molecular formula is C20H28N2O5. The molecule has 2 amide bonds. The Labute approximate surface area is 160 Å². The quantitative estimate of drug-likeness (QED) is 0.789. The molecular weight excluding hydrogens is 348 g/mol. The molecule has 7 heteroatoms. The highest BCUT2D eigenvalue weighted by molar-refractivity contribution is 6.00. The SMILES string of the molecule is COc1cc(N2CC(C(=O)N3CCC(C)CC3)CC2=O)cc(OC)c1OC. The molecule has 0 radical (unpaired) electrons. The van der Waals surface area contributed by atoms with Gasteiger partial charge in [-0.05, 0) is 18.8 Å². The first-order valence-electron chi connectivity index (χ1n) is 9.37. The summed E-state index contributed by atoms with van der Waals surface area (Å²) in [6, 6.07) is 3.49. The van der Waals surface area contributed by atoms with Crippen LogP contribution in [0.1, 0.15) is 26.2 Å². The number of carbonyl (C=O) groups excluding carboxylic acids is 2. The van der Waals surface area contributed by atoms with Gasteiger partial charge < -0.3 is 24.0 Å². The van der Waals surface area contributed by atoms with Crippen molar-refractivity contribution >= 4 is 17.5 Å². The van der Waals surface area contributed by atoms with Crippen LogP contribution in [0.4, 0.5) is 5.69 Å². The third kappa shape index (κ3) is 3.82. The second kappa shape index (κ2) is 8.06. The van der Waals surface area contributed by atoms with Crippen LogP contribution < -0.4 is 19.1 Å². The summed E-state index contributed by atoms with van der Waals surface area (Å²) in [5.74, 6) is 1.84. The zero-order valence-electron chi connectivity index (χ0n) is 16.5. The van der Waals surface area contributed by atoms with E-state index in [4.69, 9.17) is 14.2 Å². The highest BCUT2D eigenvalue weighted by atomic mass is 16.5. The first kappa shape index (κ1) is 19.3. The number of ether oxygens (including phenoxy) is 3. The van der Waals surface area contributed by atoms with E-state index < -0.39 is 0 Å². The average molecular weight is 376 g/mol. The van der Waals surface area contributed by atoms with Gasteiger partial charge in [0.15, 0.2) is 11.5 Å². The summed E-state index contributed by atoms with van der Waals surface area (Å²) in [5, 5.41) is 0. The van der Waals surface area contributed by atoms with Gasteiger partial charge in [-0.3, -0.25) is 9.59 Å². The lowest BCUT2D eigenvalue weighted by Crippen LogP contribution is -2.42. The van der Waals surface area contributed by atoms with E-state index in [1.54, 1.807) is 17.0 Å². The van der Waals surface area contributed by atoms with Crippen molar-refractivity contribution in [2.45, 2.75) is 26.2 Å². The number of piperidine rings is 1. The highest BCUT2D eigenvalue weighted by Crippen LogP contribution is 2.42. The van der Waals surface area contributed by atoms with Gasteiger partial charge in [0.25, 0.3) is 0 Å². The molecule has 0 N–H and O–H groups in total. The summed E-state index contributed by atoms with van der Waals surface area (Å²) in [6.45, 7) is 4.17. The Hall–Kier alpha value is -2.44. The molecule has 0 aromatic heterocycles. The maximum atomic E-state index is 12.9. The summed E-state index contributed by atoms with van der Waals surface area (Å²) in [7, 11) is 4.61. The van der Waals surface area contributed by atoms with Gasteiger partial charge in [-0.1, -0.05) is 6.92 Å². The molecule has 0 aliphatic carbocycles. The van der Waals surface area contributed by atoms with Gasteiger partial charge in [0.1, 0.15) is 0 Å². The minimum Gasteiger partial charge on any atom is -0.493 e. The van der Waals surface area contributed by atoms with E-state index in [0.29, 0.717) is 35.4 Å². The number of nitrogens with zero attached hydrogens (tertiary/aromatic N) is 2. The normalized spacial score (nSPS) is 20.7. The molecule has 0 spiro atoms. The molecule has 27 heavy (non-hydrogen) atoms. The summed E-state index contributed by atoms with van der Waals surface area (Å²) in [5.41, 5.74) is 0.650. The van der Waals surface area contributed by atoms with Crippen LogP contribution in [0.5, 0.6) is 17.2 Å². The van der Waals surface area contributed by atoms with Crippen LogP contribution in [-0.4, -0.2) is 57.7 Å². The molecule has 2 fully saturated rings. The topological polar surface area (TPSA) is 68.3 Å². The first-order chi connectivity index (χ1) is 13.0. The van der Waals surface area contributed by atoms with Crippen molar-refractivity contribution in [2.75, 3.05) is 45.9 Å². The summed E-state index contributed by atoms with van der Waals surface area (Å²) in [6.07, 6.45) is 2.30. The Balaban J connectivity index is 1.78. The molecule has 2 aliphatic rings. The van der Waals surface area contributed by atoms with Crippen molar-refractivity contribution in [3.8, 4) is 17.2 Å². The van der Waals surface area contributed by atoms with Crippen molar-refractivity contribution in [1.29, 1.82) is 0 Å². The van der Waals surface area contributed by atoms with E-state index in [0.717, 1.165) is 25.9 Å². The number of rotatable bonds is 5. The minimum absolute atomic E-state index is 0.0620. The van der Waals surface area contributed by atoms with Crippen molar-refractivity contribution < 1.29 is 23.8 Å². The standard InChI is InChI=1S/C20H28N2O5/c1-13-5-7-21(8-6-13)20(24)14-9-18(23)22(12-14)15-10-16(25-2)19(27-4)17(11-15)26-3/h10-11,13-14H,5-9,12H2,1-4H3. The minimum atomic E-state index is -0.301. The molecule has 0 bridgehead atoms. The van der Waals surface area contributed by atoms with Gasteiger partial charge in [-0.2, -0.15) is 0 Å². The fourth-order valence-electron chi connectivity index (χ4n) is 3.83. The van der Waals surface area contributed by atoms with Gasteiger partial charge >= 0.3 is 0 Å². The molecule has 148 valence electrons. The van der Waals surface area contributed by atoms with Crippen LogP contribution in [0, 0.1) is 11.8 Å². The van der Waals surface area contributed by atoms with E-state index in [1.807, 2.05) is 4.90 Å². The zero-order valence-corrected chi connectivity index (χ0v) is 16.5. The van der Waals surface area contributed by atoms with Crippen molar-refractivity contribution in [1.82, 2.24) is 4.90 Å². The van der Waals surface area contributed by atoms with Crippen LogP contribution in [-0.2, 0) is 9.59 Å². The fourth-order valence-corrected chi connectivity index (χ4v) is 3.83. The predicted octanol–water partition coefficient (Wildman–Crippen LogP) is 2.32. The molecule has 1 unspecified atom stereocenters.